The van der Waals surface area contributed by atoms with Crippen LogP contribution in [0.2, 0.25) is 5.02 Å². The molecule has 0 saturated carbocycles. The van der Waals surface area contributed by atoms with Gasteiger partial charge in [-0.3, -0.25) is 0 Å². The first-order chi connectivity index (χ1) is 10.7. The van der Waals surface area contributed by atoms with Crippen LogP contribution < -0.4 is 4.74 Å². The van der Waals surface area contributed by atoms with Crippen LogP contribution in [0.1, 0.15) is 50.3 Å². The maximum absolute atomic E-state index is 6.46. The SMILES string of the molecule is C=C/C(=C\C=C(/C)C(=C)C)c1c(C)c(Cl)cc(C(C)C)c1OC. The molecule has 0 amide bonds. The molecule has 0 atom stereocenters. The molecule has 124 valence electrons. The lowest BCUT2D eigenvalue weighted by molar-refractivity contribution is 0.406. The van der Waals surface area contributed by atoms with E-state index in [9.17, 15) is 0 Å². The molecule has 0 heterocycles. The number of hydrogen-bond acceptors (Lipinski definition) is 1. The standard InChI is InChI=1S/C21H27ClO/c1-9-17(11-10-15(6)13(2)3)20-16(7)19(22)12-18(14(4)5)21(20)23-8/h9-12,14H,1-2H2,3-8H3/b15-10+,17-11+. The van der Waals surface area contributed by atoms with Crippen molar-refractivity contribution in [2.24, 2.45) is 0 Å². The molecule has 1 aromatic carbocycles. The lowest BCUT2D eigenvalue weighted by Gasteiger charge is -2.20. The van der Waals surface area contributed by atoms with Crippen LogP contribution in [0.15, 0.2) is 48.6 Å². The molecule has 0 spiro atoms. The van der Waals surface area contributed by atoms with Gasteiger partial charge >= 0.3 is 0 Å². The molecule has 1 aromatic rings. The highest BCUT2D eigenvalue weighted by atomic mass is 35.5. The van der Waals surface area contributed by atoms with Gasteiger partial charge in [-0.2, -0.15) is 0 Å². The van der Waals surface area contributed by atoms with Crippen LogP contribution >= 0.6 is 11.6 Å². The molecule has 0 saturated heterocycles. The lowest BCUT2D eigenvalue weighted by atomic mass is 9.91. The Bertz CT molecular complexity index is 676. The largest absolute Gasteiger partial charge is 0.496 e. The molecule has 0 fully saturated rings. The molecule has 0 aromatic heterocycles. The van der Waals surface area contributed by atoms with Gasteiger partial charge in [0.25, 0.3) is 0 Å². The van der Waals surface area contributed by atoms with E-state index in [-0.39, 0.29) is 0 Å². The van der Waals surface area contributed by atoms with Gasteiger partial charge in [-0.05, 0) is 55.0 Å². The van der Waals surface area contributed by atoms with E-state index in [4.69, 9.17) is 16.3 Å². The van der Waals surface area contributed by atoms with Gasteiger partial charge in [0, 0.05) is 10.6 Å². The Balaban J connectivity index is 3.67. The molecular weight excluding hydrogens is 304 g/mol. The van der Waals surface area contributed by atoms with Crippen molar-refractivity contribution in [3.63, 3.8) is 0 Å². The molecule has 0 unspecified atom stereocenters. The fraction of sp³-hybridized carbons (Fsp3) is 0.333. The molecule has 0 N–H and O–H groups in total. The maximum Gasteiger partial charge on any atom is 0.130 e. The smallest absolute Gasteiger partial charge is 0.130 e. The summed E-state index contributed by atoms with van der Waals surface area (Å²) < 4.78 is 5.73. The second-order valence-electron chi connectivity index (χ2n) is 6.09. The molecule has 0 radical (unpaired) electrons. The van der Waals surface area contributed by atoms with Crippen molar-refractivity contribution < 1.29 is 4.74 Å². The van der Waals surface area contributed by atoms with Crippen molar-refractivity contribution in [1.29, 1.82) is 0 Å². The average molecular weight is 331 g/mol. The topological polar surface area (TPSA) is 9.23 Å². The van der Waals surface area contributed by atoms with E-state index in [1.54, 1.807) is 7.11 Å². The summed E-state index contributed by atoms with van der Waals surface area (Å²) in [7, 11) is 1.70. The average Bonchev–Trinajstić information content (AvgIpc) is 2.50. The molecule has 1 rings (SSSR count). The van der Waals surface area contributed by atoms with Crippen molar-refractivity contribution in [1.82, 2.24) is 0 Å². The summed E-state index contributed by atoms with van der Waals surface area (Å²) in [6.45, 7) is 18.2. The van der Waals surface area contributed by atoms with Crippen LogP contribution in [-0.2, 0) is 0 Å². The Morgan fingerprint density at radius 1 is 1.26 bits per heavy atom. The maximum atomic E-state index is 6.46. The molecule has 0 bridgehead atoms. The summed E-state index contributed by atoms with van der Waals surface area (Å²) >= 11 is 6.46. The third kappa shape index (κ3) is 4.39. The van der Waals surface area contributed by atoms with Gasteiger partial charge in [-0.15, -0.1) is 0 Å². The normalized spacial score (nSPS) is 12.5. The first-order valence-electron chi connectivity index (χ1n) is 7.78. The van der Waals surface area contributed by atoms with E-state index in [1.165, 1.54) is 0 Å². The Morgan fingerprint density at radius 2 is 1.87 bits per heavy atom. The Hall–Kier alpha value is -1.73. The summed E-state index contributed by atoms with van der Waals surface area (Å²) in [6, 6.07) is 2.00. The second-order valence-corrected chi connectivity index (χ2v) is 6.50. The fourth-order valence-corrected chi connectivity index (χ4v) is 2.56. The van der Waals surface area contributed by atoms with E-state index in [1.807, 2.05) is 45.1 Å². The second kappa shape index (κ2) is 8.21. The predicted molar refractivity (Wildman–Crippen MR) is 104 cm³/mol. The van der Waals surface area contributed by atoms with Crippen LogP contribution in [0.3, 0.4) is 0 Å². The number of allylic oxidation sites excluding steroid dienone is 6. The van der Waals surface area contributed by atoms with Gasteiger partial charge in [0.15, 0.2) is 0 Å². The third-order valence-electron chi connectivity index (χ3n) is 4.03. The number of methoxy groups -OCH3 is 1. The number of ether oxygens (including phenoxy) is 1. The van der Waals surface area contributed by atoms with Crippen LogP contribution in [0.4, 0.5) is 0 Å². The highest BCUT2D eigenvalue weighted by Gasteiger charge is 2.19. The number of hydrogen-bond donors (Lipinski definition) is 0. The summed E-state index contributed by atoms with van der Waals surface area (Å²) in [5.74, 6) is 1.19. The van der Waals surface area contributed by atoms with Gasteiger partial charge in [0.1, 0.15) is 5.75 Å². The molecule has 1 nitrogen and oxygen atoms in total. The first-order valence-corrected chi connectivity index (χ1v) is 8.16. The molecule has 0 aliphatic carbocycles. The van der Waals surface area contributed by atoms with Gasteiger partial charge in [-0.1, -0.05) is 62.4 Å². The van der Waals surface area contributed by atoms with E-state index in [2.05, 4.69) is 27.0 Å². The quantitative estimate of drug-likeness (QED) is 0.517. The van der Waals surface area contributed by atoms with Gasteiger partial charge in [0.2, 0.25) is 0 Å². The molecular formula is C21H27ClO. The molecule has 23 heavy (non-hydrogen) atoms. The minimum Gasteiger partial charge on any atom is -0.496 e. The van der Waals surface area contributed by atoms with E-state index >= 15 is 0 Å². The van der Waals surface area contributed by atoms with E-state index < -0.39 is 0 Å². The van der Waals surface area contributed by atoms with Crippen molar-refractivity contribution in [3.05, 3.63) is 70.3 Å². The summed E-state index contributed by atoms with van der Waals surface area (Å²) in [4.78, 5) is 0. The van der Waals surface area contributed by atoms with Crippen molar-refractivity contribution >= 4 is 17.2 Å². The first kappa shape index (κ1) is 19.3. The third-order valence-corrected chi connectivity index (χ3v) is 4.42. The van der Waals surface area contributed by atoms with Gasteiger partial charge < -0.3 is 4.74 Å². The fourth-order valence-electron chi connectivity index (χ4n) is 2.35. The predicted octanol–water partition coefficient (Wildman–Crippen LogP) is 6.87. The van der Waals surface area contributed by atoms with Gasteiger partial charge in [-0.25, -0.2) is 0 Å². The van der Waals surface area contributed by atoms with Gasteiger partial charge in [0.05, 0.1) is 7.11 Å². The number of halogens is 1. The zero-order valence-corrected chi connectivity index (χ0v) is 15.8. The molecule has 0 aliphatic heterocycles. The highest BCUT2D eigenvalue weighted by molar-refractivity contribution is 6.31. The highest BCUT2D eigenvalue weighted by Crippen LogP contribution is 2.40. The van der Waals surface area contributed by atoms with E-state index in [0.29, 0.717) is 5.92 Å². The monoisotopic (exact) mass is 330 g/mol. The van der Waals surface area contributed by atoms with Crippen LogP contribution in [0.5, 0.6) is 5.75 Å². The minimum atomic E-state index is 0.320. The Kier molecular flexibility index (Phi) is 6.90. The molecule has 0 aliphatic rings. The zero-order chi connectivity index (χ0) is 17.7. The summed E-state index contributed by atoms with van der Waals surface area (Å²) in [6.07, 6.45) is 5.93. The van der Waals surface area contributed by atoms with Crippen LogP contribution in [0.25, 0.3) is 5.57 Å². The number of benzene rings is 1. The Labute approximate surface area is 146 Å². The Morgan fingerprint density at radius 3 is 2.30 bits per heavy atom. The van der Waals surface area contributed by atoms with E-state index in [0.717, 1.165) is 44.2 Å². The van der Waals surface area contributed by atoms with Crippen LogP contribution in [-0.4, -0.2) is 7.11 Å². The van der Waals surface area contributed by atoms with Crippen molar-refractivity contribution in [2.75, 3.05) is 7.11 Å². The zero-order valence-electron chi connectivity index (χ0n) is 15.1. The minimum absolute atomic E-state index is 0.320. The number of rotatable bonds is 6. The lowest BCUT2D eigenvalue weighted by Crippen LogP contribution is -2.01. The van der Waals surface area contributed by atoms with Crippen molar-refractivity contribution in [2.45, 2.75) is 40.5 Å². The molecule has 2 heteroatoms. The van der Waals surface area contributed by atoms with Crippen molar-refractivity contribution in [3.8, 4) is 5.75 Å². The van der Waals surface area contributed by atoms with Crippen LogP contribution in [0, 0.1) is 6.92 Å². The summed E-state index contributed by atoms with van der Waals surface area (Å²) in [5.41, 5.74) is 6.27. The summed E-state index contributed by atoms with van der Waals surface area (Å²) in [5, 5.41) is 0.748.